The molecule has 1 N–H and O–H groups in total. The SMILES string of the molecule is C1CCC2(C1)CCC(CSCC1CNC1)O2. The van der Waals surface area contributed by atoms with Crippen LogP contribution >= 0.6 is 11.8 Å². The van der Waals surface area contributed by atoms with E-state index >= 15 is 0 Å². The summed E-state index contributed by atoms with van der Waals surface area (Å²) in [5.74, 6) is 3.50. The van der Waals surface area contributed by atoms with Crippen LogP contribution in [0.4, 0.5) is 0 Å². The molecule has 1 spiro atoms. The molecule has 2 saturated heterocycles. The van der Waals surface area contributed by atoms with Crippen LogP contribution in [0.3, 0.4) is 0 Å². The lowest BCUT2D eigenvalue weighted by molar-refractivity contribution is -0.0267. The first-order valence-corrected chi connectivity index (χ1v) is 7.98. The zero-order valence-corrected chi connectivity index (χ0v) is 10.9. The van der Waals surface area contributed by atoms with Crippen LogP contribution in [0.2, 0.25) is 0 Å². The molecule has 0 aromatic rings. The summed E-state index contributed by atoms with van der Waals surface area (Å²) in [6.45, 7) is 2.48. The average Bonchev–Trinajstić information content (AvgIpc) is 2.82. The van der Waals surface area contributed by atoms with E-state index in [1.807, 2.05) is 0 Å². The van der Waals surface area contributed by atoms with E-state index in [1.54, 1.807) is 0 Å². The Morgan fingerprint density at radius 2 is 1.94 bits per heavy atom. The fourth-order valence-corrected chi connectivity index (χ4v) is 4.44. The summed E-state index contributed by atoms with van der Waals surface area (Å²) < 4.78 is 6.31. The highest BCUT2D eigenvalue weighted by atomic mass is 32.2. The summed E-state index contributed by atoms with van der Waals surface area (Å²) in [4.78, 5) is 0. The molecule has 2 nitrogen and oxygen atoms in total. The van der Waals surface area contributed by atoms with Crippen LogP contribution in [0.15, 0.2) is 0 Å². The van der Waals surface area contributed by atoms with E-state index in [9.17, 15) is 0 Å². The molecule has 3 fully saturated rings. The lowest BCUT2D eigenvalue weighted by Gasteiger charge is -2.27. The van der Waals surface area contributed by atoms with Gasteiger partial charge in [-0.15, -0.1) is 0 Å². The molecule has 2 heterocycles. The number of ether oxygens (including phenoxy) is 1. The van der Waals surface area contributed by atoms with Gasteiger partial charge in [0.2, 0.25) is 0 Å². The minimum Gasteiger partial charge on any atom is -0.371 e. The van der Waals surface area contributed by atoms with E-state index < -0.39 is 0 Å². The van der Waals surface area contributed by atoms with Crippen molar-refractivity contribution in [2.24, 2.45) is 5.92 Å². The maximum atomic E-state index is 6.31. The average molecular weight is 241 g/mol. The van der Waals surface area contributed by atoms with Crippen LogP contribution in [0.1, 0.15) is 38.5 Å². The van der Waals surface area contributed by atoms with E-state index in [4.69, 9.17) is 4.74 Å². The maximum absolute atomic E-state index is 6.31. The Hall–Kier alpha value is 0.270. The molecular formula is C13H23NOS. The molecule has 3 rings (SSSR count). The molecule has 92 valence electrons. The fraction of sp³-hybridized carbons (Fsp3) is 1.00. The van der Waals surface area contributed by atoms with Crippen molar-refractivity contribution >= 4 is 11.8 Å². The van der Waals surface area contributed by atoms with Gasteiger partial charge in [-0.25, -0.2) is 0 Å². The zero-order chi connectivity index (χ0) is 10.8. The van der Waals surface area contributed by atoms with Crippen molar-refractivity contribution in [3.63, 3.8) is 0 Å². The number of nitrogens with one attached hydrogen (secondary N) is 1. The largest absolute Gasteiger partial charge is 0.371 e. The van der Waals surface area contributed by atoms with Crippen LogP contribution in [0, 0.1) is 5.92 Å². The molecule has 0 radical (unpaired) electrons. The minimum absolute atomic E-state index is 0.337. The van der Waals surface area contributed by atoms with Crippen LogP contribution in [-0.2, 0) is 4.74 Å². The van der Waals surface area contributed by atoms with Gasteiger partial charge in [0.25, 0.3) is 0 Å². The van der Waals surface area contributed by atoms with Crippen molar-refractivity contribution in [1.82, 2.24) is 5.32 Å². The Morgan fingerprint density at radius 1 is 1.12 bits per heavy atom. The topological polar surface area (TPSA) is 21.3 Å². The van der Waals surface area contributed by atoms with E-state index in [0.29, 0.717) is 11.7 Å². The fourth-order valence-electron chi connectivity index (χ4n) is 3.23. The third-order valence-corrected chi connectivity index (χ3v) is 5.69. The molecule has 2 aliphatic heterocycles. The van der Waals surface area contributed by atoms with Crippen LogP contribution in [0.25, 0.3) is 0 Å². The van der Waals surface area contributed by atoms with Gasteiger partial charge in [-0.05, 0) is 50.4 Å². The molecule has 3 heteroatoms. The second-order valence-corrected chi connectivity index (χ2v) is 6.81. The molecule has 1 unspecified atom stereocenters. The number of hydrogen-bond acceptors (Lipinski definition) is 3. The van der Waals surface area contributed by atoms with Crippen molar-refractivity contribution < 1.29 is 4.74 Å². The van der Waals surface area contributed by atoms with Gasteiger partial charge in [0, 0.05) is 5.75 Å². The second kappa shape index (κ2) is 4.87. The number of thioether (sulfide) groups is 1. The normalized spacial score (nSPS) is 33.4. The first kappa shape index (κ1) is 11.4. The van der Waals surface area contributed by atoms with Crippen molar-refractivity contribution in [3.8, 4) is 0 Å². The highest BCUT2D eigenvalue weighted by molar-refractivity contribution is 7.99. The molecule has 0 aromatic carbocycles. The molecule has 16 heavy (non-hydrogen) atoms. The van der Waals surface area contributed by atoms with Gasteiger partial charge in [0.15, 0.2) is 0 Å². The van der Waals surface area contributed by atoms with Crippen LogP contribution < -0.4 is 5.32 Å². The predicted octanol–water partition coefficient (Wildman–Crippen LogP) is 2.43. The van der Waals surface area contributed by atoms with Crippen molar-refractivity contribution in [2.75, 3.05) is 24.6 Å². The summed E-state index contributed by atoms with van der Waals surface area (Å²) >= 11 is 2.11. The smallest absolute Gasteiger partial charge is 0.0687 e. The van der Waals surface area contributed by atoms with Gasteiger partial charge in [-0.3, -0.25) is 0 Å². The number of hydrogen-bond donors (Lipinski definition) is 1. The van der Waals surface area contributed by atoms with Gasteiger partial charge in [-0.2, -0.15) is 11.8 Å². The summed E-state index contributed by atoms with van der Waals surface area (Å²) in [5, 5.41) is 3.33. The molecule has 0 amide bonds. The summed E-state index contributed by atoms with van der Waals surface area (Å²) in [7, 11) is 0. The highest BCUT2D eigenvalue weighted by Gasteiger charge is 2.41. The van der Waals surface area contributed by atoms with Gasteiger partial charge < -0.3 is 10.1 Å². The van der Waals surface area contributed by atoms with Crippen molar-refractivity contribution in [2.45, 2.75) is 50.2 Å². The van der Waals surface area contributed by atoms with E-state index in [0.717, 1.165) is 5.92 Å². The predicted molar refractivity (Wildman–Crippen MR) is 69.0 cm³/mol. The Kier molecular flexibility index (Phi) is 3.46. The van der Waals surface area contributed by atoms with Crippen molar-refractivity contribution in [1.29, 1.82) is 0 Å². The summed E-state index contributed by atoms with van der Waals surface area (Å²) in [6.07, 6.45) is 8.68. The molecule has 0 bridgehead atoms. The Morgan fingerprint density at radius 3 is 2.62 bits per heavy atom. The third kappa shape index (κ3) is 2.41. The first-order chi connectivity index (χ1) is 7.86. The second-order valence-electron chi connectivity index (χ2n) is 5.73. The zero-order valence-electron chi connectivity index (χ0n) is 10.0. The van der Waals surface area contributed by atoms with Crippen molar-refractivity contribution in [3.05, 3.63) is 0 Å². The number of rotatable bonds is 4. The lowest BCUT2D eigenvalue weighted by Crippen LogP contribution is -2.43. The van der Waals surface area contributed by atoms with E-state index in [2.05, 4.69) is 17.1 Å². The monoisotopic (exact) mass is 241 g/mol. The highest BCUT2D eigenvalue weighted by Crippen LogP contribution is 2.43. The molecule has 1 atom stereocenters. The maximum Gasteiger partial charge on any atom is 0.0687 e. The summed E-state index contributed by atoms with van der Waals surface area (Å²) in [6, 6.07) is 0. The summed E-state index contributed by atoms with van der Waals surface area (Å²) in [5.41, 5.74) is 0.337. The third-order valence-electron chi connectivity index (χ3n) is 4.38. The quantitative estimate of drug-likeness (QED) is 0.817. The minimum atomic E-state index is 0.337. The Bertz CT molecular complexity index is 236. The standard InChI is InChI=1S/C13H23NOS/c1-2-5-13(4-1)6-3-12(15-13)10-16-9-11-7-14-8-11/h11-12,14H,1-10H2. The van der Waals surface area contributed by atoms with Gasteiger partial charge in [0.05, 0.1) is 11.7 Å². The van der Waals surface area contributed by atoms with Gasteiger partial charge >= 0.3 is 0 Å². The van der Waals surface area contributed by atoms with E-state index in [1.165, 1.54) is 63.1 Å². The van der Waals surface area contributed by atoms with E-state index in [-0.39, 0.29) is 0 Å². The molecular weight excluding hydrogens is 218 g/mol. The van der Waals surface area contributed by atoms with Gasteiger partial charge in [0.1, 0.15) is 0 Å². The van der Waals surface area contributed by atoms with Gasteiger partial charge in [-0.1, -0.05) is 12.8 Å². The first-order valence-electron chi connectivity index (χ1n) is 6.83. The lowest BCUT2D eigenvalue weighted by atomic mass is 9.98. The Labute approximate surface area is 103 Å². The van der Waals surface area contributed by atoms with Crippen LogP contribution in [0.5, 0.6) is 0 Å². The molecule has 3 aliphatic rings. The van der Waals surface area contributed by atoms with Crippen LogP contribution in [-0.4, -0.2) is 36.3 Å². The molecule has 1 aliphatic carbocycles. The molecule has 0 aromatic heterocycles. The molecule has 1 saturated carbocycles. The Balaban J connectivity index is 1.36.